The molecular weight excluding hydrogens is 573 g/mol. The Hall–Kier alpha value is -3.03. The van der Waals surface area contributed by atoms with Crippen molar-refractivity contribution in [2.45, 2.75) is 66.8 Å². The summed E-state index contributed by atoms with van der Waals surface area (Å²) in [6.45, 7) is 1.30. The number of halogens is 1. The summed E-state index contributed by atoms with van der Waals surface area (Å²) >= 11 is 0. The number of hydrogen-bond acceptors (Lipinski definition) is 8. The first-order valence-electron chi connectivity index (χ1n) is 13.8. The van der Waals surface area contributed by atoms with Crippen molar-refractivity contribution in [3.8, 4) is 5.88 Å². The van der Waals surface area contributed by atoms with Gasteiger partial charge in [0.15, 0.2) is 9.84 Å². The number of nitrogens with two attached hydrogens (primary N) is 1. The number of amides is 1. The maximum atomic E-state index is 14.4. The normalized spacial score (nSPS) is 20.0. The minimum Gasteiger partial charge on any atom is -0.495 e. The zero-order valence-electron chi connectivity index (χ0n) is 22.6. The van der Waals surface area contributed by atoms with Crippen LogP contribution in [-0.2, 0) is 24.6 Å². The molecule has 1 amide bonds. The first-order valence-corrected chi connectivity index (χ1v) is 17.0. The van der Waals surface area contributed by atoms with Crippen LogP contribution in [0.4, 0.5) is 4.39 Å². The van der Waals surface area contributed by atoms with Gasteiger partial charge in [0.05, 0.1) is 16.9 Å². The maximum Gasteiger partial charge on any atom is 0.254 e. The van der Waals surface area contributed by atoms with Crippen LogP contribution < -0.4 is 9.88 Å². The number of primary sulfonamides is 1. The van der Waals surface area contributed by atoms with Gasteiger partial charge in [-0.1, -0.05) is 0 Å². The van der Waals surface area contributed by atoms with E-state index in [9.17, 15) is 26.0 Å². The molecule has 1 aliphatic carbocycles. The highest BCUT2D eigenvalue weighted by Crippen LogP contribution is 2.40. The molecule has 222 valence electrons. The molecule has 1 atom stereocenters. The molecule has 5 rings (SSSR count). The van der Waals surface area contributed by atoms with Crippen LogP contribution in [0.5, 0.6) is 5.88 Å². The molecule has 3 heterocycles. The van der Waals surface area contributed by atoms with Crippen LogP contribution in [0.15, 0.2) is 52.5 Å². The molecule has 2 aromatic rings. The number of ether oxygens (including phenoxy) is 2. The minimum atomic E-state index is -4.15. The molecule has 41 heavy (non-hydrogen) atoms. The molecular formula is C28H34FN3O7S2. The molecule has 0 spiro atoms. The van der Waals surface area contributed by atoms with Crippen molar-refractivity contribution in [3.05, 3.63) is 59.7 Å². The standard InChI is InChI=1S/C28H34FN3O7S2/c29-24-17-23(41(30,36)37)6-7-26(24)40(34,35)14-10-19-8-11-32(12-9-19)28(33)21-15-25(20-4-5-20)31-27(16-21)39-18-22-3-1-2-13-38-22/h2,6-7,13,15-17,19-20,22H,1,3-5,8-12,14,18H2,(H2,30,36,37). The van der Waals surface area contributed by atoms with Gasteiger partial charge in [-0.2, -0.15) is 0 Å². The average Bonchev–Trinajstić information content (AvgIpc) is 3.81. The highest BCUT2D eigenvalue weighted by Gasteiger charge is 2.30. The number of nitrogens with zero attached hydrogens (tertiary/aromatic N) is 2. The van der Waals surface area contributed by atoms with Gasteiger partial charge < -0.3 is 14.4 Å². The first-order chi connectivity index (χ1) is 19.5. The third-order valence-electron chi connectivity index (χ3n) is 7.77. The van der Waals surface area contributed by atoms with E-state index in [1.165, 1.54) is 0 Å². The first kappa shape index (κ1) is 29.5. The van der Waals surface area contributed by atoms with Crippen molar-refractivity contribution in [2.24, 2.45) is 11.1 Å². The van der Waals surface area contributed by atoms with Gasteiger partial charge in [0.1, 0.15) is 23.4 Å². The van der Waals surface area contributed by atoms with Gasteiger partial charge in [-0.25, -0.2) is 31.3 Å². The van der Waals surface area contributed by atoms with E-state index in [1.807, 2.05) is 12.1 Å². The molecule has 2 aliphatic heterocycles. The number of benzene rings is 1. The molecule has 3 aliphatic rings. The number of sulfonamides is 1. The SMILES string of the molecule is NS(=O)(=O)c1ccc(S(=O)(=O)CCC2CCN(C(=O)c3cc(OCC4CCC=CO4)nc(C4CC4)c3)CC2)c(F)c1. The zero-order chi connectivity index (χ0) is 29.2. The van der Waals surface area contributed by atoms with E-state index >= 15 is 0 Å². The number of allylic oxidation sites excluding steroid dienone is 1. The topological polar surface area (TPSA) is 146 Å². The smallest absolute Gasteiger partial charge is 0.254 e. The van der Waals surface area contributed by atoms with Crippen LogP contribution in [0, 0.1) is 11.7 Å². The van der Waals surface area contributed by atoms with E-state index in [1.54, 1.807) is 17.2 Å². The van der Waals surface area contributed by atoms with Crippen molar-refractivity contribution >= 4 is 25.8 Å². The van der Waals surface area contributed by atoms with E-state index in [4.69, 9.17) is 14.6 Å². The van der Waals surface area contributed by atoms with Crippen LogP contribution in [0.1, 0.15) is 66.9 Å². The Kier molecular flexibility index (Phi) is 8.67. The molecule has 1 unspecified atom stereocenters. The molecule has 13 heteroatoms. The summed E-state index contributed by atoms with van der Waals surface area (Å²) in [5, 5.41) is 5.00. The Morgan fingerprint density at radius 3 is 2.46 bits per heavy atom. The molecule has 1 aromatic carbocycles. The van der Waals surface area contributed by atoms with Crippen LogP contribution >= 0.6 is 0 Å². The molecule has 10 nitrogen and oxygen atoms in total. The Bertz CT molecular complexity index is 1530. The molecule has 0 radical (unpaired) electrons. The lowest BCUT2D eigenvalue weighted by molar-refractivity contribution is 0.0680. The van der Waals surface area contributed by atoms with E-state index in [0.29, 0.717) is 62.4 Å². The molecule has 1 aromatic heterocycles. The monoisotopic (exact) mass is 607 g/mol. The zero-order valence-corrected chi connectivity index (χ0v) is 24.2. The summed E-state index contributed by atoms with van der Waals surface area (Å²) in [4.78, 5) is 18.8. The molecule has 1 saturated heterocycles. The largest absolute Gasteiger partial charge is 0.495 e. The van der Waals surface area contributed by atoms with E-state index in [-0.39, 0.29) is 23.7 Å². The van der Waals surface area contributed by atoms with Crippen molar-refractivity contribution in [2.75, 3.05) is 25.4 Å². The average molecular weight is 608 g/mol. The summed E-state index contributed by atoms with van der Waals surface area (Å²) in [6.07, 6.45) is 9.01. The number of hydrogen-bond donors (Lipinski definition) is 1. The van der Waals surface area contributed by atoms with Gasteiger partial charge in [-0.05, 0) is 81.2 Å². The van der Waals surface area contributed by atoms with Gasteiger partial charge in [0.25, 0.3) is 5.91 Å². The summed E-state index contributed by atoms with van der Waals surface area (Å²) in [7, 11) is -8.12. The third kappa shape index (κ3) is 7.44. The summed E-state index contributed by atoms with van der Waals surface area (Å²) < 4.78 is 74.3. The van der Waals surface area contributed by atoms with E-state index < -0.39 is 35.5 Å². The number of carbonyl (C=O) groups is 1. The van der Waals surface area contributed by atoms with Gasteiger partial charge in [0.2, 0.25) is 15.9 Å². The highest BCUT2D eigenvalue weighted by atomic mass is 32.2. The summed E-state index contributed by atoms with van der Waals surface area (Å²) in [5.74, 6) is -0.741. The number of aromatic nitrogens is 1. The second-order valence-electron chi connectivity index (χ2n) is 10.9. The lowest BCUT2D eigenvalue weighted by Gasteiger charge is -2.32. The molecule has 1 saturated carbocycles. The van der Waals surface area contributed by atoms with Crippen LogP contribution in [0.3, 0.4) is 0 Å². The van der Waals surface area contributed by atoms with Gasteiger partial charge >= 0.3 is 0 Å². The lowest BCUT2D eigenvalue weighted by atomic mass is 9.94. The minimum absolute atomic E-state index is 0.0449. The van der Waals surface area contributed by atoms with Gasteiger partial charge in [0, 0.05) is 36.3 Å². The van der Waals surface area contributed by atoms with Crippen molar-refractivity contribution in [3.63, 3.8) is 0 Å². The van der Waals surface area contributed by atoms with Crippen molar-refractivity contribution in [1.82, 2.24) is 9.88 Å². The number of sulfone groups is 1. The summed E-state index contributed by atoms with van der Waals surface area (Å²) in [5.41, 5.74) is 1.39. The highest BCUT2D eigenvalue weighted by molar-refractivity contribution is 7.91. The van der Waals surface area contributed by atoms with Crippen LogP contribution in [0.25, 0.3) is 0 Å². The Morgan fingerprint density at radius 1 is 1.07 bits per heavy atom. The Balaban J connectivity index is 1.17. The van der Waals surface area contributed by atoms with E-state index in [0.717, 1.165) is 43.5 Å². The van der Waals surface area contributed by atoms with E-state index in [2.05, 4.69) is 4.98 Å². The number of piperidine rings is 1. The fourth-order valence-electron chi connectivity index (χ4n) is 5.15. The quantitative estimate of drug-likeness (QED) is 0.432. The number of likely N-dealkylation sites (tertiary alicyclic amines) is 1. The Morgan fingerprint density at radius 2 is 1.83 bits per heavy atom. The summed E-state index contributed by atoms with van der Waals surface area (Å²) in [6, 6.07) is 6.08. The molecule has 2 N–H and O–H groups in total. The fraction of sp³-hybridized carbons (Fsp3) is 0.500. The predicted molar refractivity (Wildman–Crippen MR) is 148 cm³/mol. The van der Waals surface area contributed by atoms with Gasteiger partial charge in [-0.3, -0.25) is 4.79 Å². The number of rotatable bonds is 10. The number of pyridine rings is 1. The second kappa shape index (κ2) is 12.1. The van der Waals surface area contributed by atoms with Crippen LogP contribution in [-0.4, -0.2) is 64.2 Å². The fourth-order valence-corrected chi connectivity index (χ4v) is 7.17. The molecule has 2 fully saturated rings. The van der Waals surface area contributed by atoms with Crippen LogP contribution in [0.2, 0.25) is 0 Å². The maximum absolute atomic E-state index is 14.4. The molecule has 0 bridgehead atoms. The predicted octanol–water partition coefficient (Wildman–Crippen LogP) is 3.53. The van der Waals surface area contributed by atoms with Crippen molar-refractivity contribution < 1.29 is 35.5 Å². The Labute approximate surface area is 239 Å². The second-order valence-corrected chi connectivity index (χ2v) is 14.5. The number of carbonyl (C=O) groups excluding carboxylic acids is 1. The third-order valence-corrected chi connectivity index (χ3v) is 10.5. The lowest BCUT2D eigenvalue weighted by Crippen LogP contribution is -2.39. The van der Waals surface area contributed by atoms with Crippen molar-refractivity contribution in [1.29, 1.82) is 0 Å². The van der Waals surface area contributed by atoms with Gasteiger partial charge in [-0.15, -0.1) is 0 Å².